The Morgan fingerprint density at radius 2 is 2.00 bits per heavy atom. The lowest BCUT2D eigenvalue weighted by atomic mass is 9.82. The van der Waals surface area contributed by atoms with E-state index in [2.05, 4.69) is 39.6 Å². The standard InChI is InChI=1S/C16H34N2/c1-13(2)9-10-16(4,12-17)18(5)15-8-6-7-14(3)11-15/h13-15H,6-12,17H2,1-5H3. The normalized spacial score (nSPS) is 28.7. The fourth-order valence-electron chi connectivity index (χ4n) is 3.22. The van der Waals surface area contributed by atoms with Crippen LogP contribution < -0.4 is 5.73 Å². The number of hydrogen-bond acceptors (Lipinski definition) is 2. The van der Waals surface area contributed by atoms with Crippen LogP contribution in [-0.2, 0) is 0 Å². The largest absolute Gasteiger partial charge is 0.329 e. The SMILES string of the molecule is CC(C)CCC(C)(CN)N(C)C1CCCC(C)C1. The van der Waals surface area contributed by atoms with Crippen LogP contribution >= 0.6 is 0 Å². The van der Waals surface area contributed by atoms with Gasteiger partial charge in [0.2, 0.25) is 0 Å². The van der Waals surface area contributed by atoms with E-state index in [-0.39, 0.29) is 5.54 Å². The van der Waals surface area contributed by atoms with Gasteiger partial charge in [0.1, 0.15) is 0 Å². The molecule has 0 saturated heterocycles. The molecule has 0 heterocycles. The molecule has 1 aliphatic carbocycles. The summed E-state index contributed by atoms with van der Waals surface area (Å²) in [7, 11) is 2.30. The lowest BCUT2D eigenvalue weighted by Crippen LogP contribution is -2.55. The summed E-state index contributed by atoms with van der Waals surface area (Å²) in [6.45, 7) is 10.1. The third-order valence-electron chi connectivity index (χ3n) is 5.01. The Morgan fingerprint density at radius 3 is 2.50 bits per heavy atom. The summed E-state index contributed by atoms with van der Waals surface area (Å²) in [6.07, 6.45) is 8.02. The minimum atomic E-state index is 0.187. The molecule has 1 saturated carbocycles. The number of likely N-dealkylation sites (N-methyl/N-ethyl adjacent to an activating group) is 1. The van der Waals surface area contributed by atoms with Crippen LogP contribution in [0, 0.1) is 11.8 Å². The topological polar surface area (TPSA) is 29.3 Å². The second-order valence-corrected chi connectivity index (χ2v) is 7.17. The first-order valence-electron chi connectivity index (χ1n) is 7.82. The molecule has 108 valence electrons. The molecule has 2 N–H and O–H groups in total. The number of nitrogens with two attached hydrogens (primary N) is 1. The van der Waals surface area contributed by atoms with Crippen LogP contribution in [0.1, 0.15) is 66.2 Å². The van der Waals surface area contributed by atoms with Gasteiger partial charge in [0.15, 0.2) is 0 Å². The highest BCUT2D eigenvalue weighted by molar-refractivity contribution is 4.91. The van der Waals surface area contributed by atoms with Crippen molar-refractivity contribution in [1.29, 1.82) is 0 Å². The first-order chi connectivity index (χ1) is 8.39. The molecule has 3 atom stereocenters. The monoisotopic (exact) mass is 254 g/mol. The molecule has 1 fully saturated rings. The second-order valence-electron chi connectivity index (χ2n) is 7.17. The highest BCUT2D eigenvalue weighted by Crippen LogP contribution is 2.32. The molecule has 0 amide bonds. The summed E-state index contributed by atoms with van der Waals surface area (Å²) >= 11 is 0. The van der Waals surface area contributed by atoms with Gasteiger partial charge in [0, 0.05) is 18.1 Å². The van der Waals surface area contributed by atoms with Gasteiger partial charge < -0.3 is 5.73 Å². The van der Waals surface area contributed by atoms with Crippen molar-refractivity contribution in [2.45, 2.75) is 77.8 Å². The second kappa shape index (κ2) is 6.91. The van der Waals surface area contributed by atoms with Crippen molar-refractivity contribution in [2.24, 2.45) is 17.6 Å². The van der Waals surface area contributed by atoms with Crippen LogP contribution in [-0.4, -0.2) is 30.1 Å². The molecule has 1 rings (SSSR count). The highest BCUT2D eigenvalue weighted by atomic mass is 15.2. The summed E-state index contributed by atoms with van der Waals surface area (Å²) in [6, 6.07) is 0.745. The maximum atomic E-state index is 6.09. The average Bonchev–Trinajstić information content (AvgIpc) is 2.35. The van der Waals surface area contributed by atoms with E-state index in [1.165, 1.54) is 38.5 Å². The van der Waals surface area contributed by atoms with Gasteiger partial charge in [-0.05, 0) is 51.5 Å². The Balaban J connectivity index is 2.61. The molecular weight excluding hydrogens is 220 g/mol. The molecule has 1 aliphatic rings. The molecule has 0 bridgehead atoms. The van der Waals surface area contributed by atoms with Crippen molar-refractivity contribution < 1.29 is 0 Å². The molecule has 0 aromatic carbocycles. The Kier molecular flexibility index (Phi) is 6.13. The summed E-state index contributed by atoms with van der Waals surface area (Å²) in [5.41, 5.74) is 6.28. The zero-order valence-corrected chi connectivity index (χ0v) is 13.2. The number of rotatable bonds is 6. The van der Waals surface area contributed by atoms with Crippen LogP contribution in [0.15, 0.2) is 0 Å². The summed E-state index contributed by atoms with van der Waals surface area (Å²) in [5.74, 6) is 1.66. The molecule has 0 aromatic rings. The number of nitrogens with zero attached hydrogens (tertiary/aromatic N) is 1. The minimum absolute atomic E-state index is 0.187. The maximum absolute atomic E-state index is 6.09. The van der Waals surface area contributed by atoms with E-state index in [0.717, 1.165) is 24.4 Å². The Morgan fingerprint density at radius 1 is 1.33 bits per heavy atom. The molecule has 2 heteroatoms. The smallest absolute Gasteiger partial charge is 0.0303 e. The zero-order chi connectivity index (χ0) is 13.8. The maximum Gasteiger partial charge on any atom is 0.0303 e. The van der Waals surface area contributed by atoms with Gasteiger partial charge in [-0.25, -0.2) is 0 Å². The van der Waals surface area contributed by atoms with Gasteiger partial charge in [-0.2, -0.15) is 0 Å². The van der Waals surface area contributed by atoms with E-state index < -0.39 is 0 Å². The molecule has 2 nitrogen and oxygen atoms in total. The Bertz CT molecular complexity index is 239. The quantitative estimate of drug-likeness (QED) is 0.784. The van der Waals surface area contributed by atoms with E-state index in [1.807, 2.05) is 0 Å². The van der Waals surface area contributed by atoms with Crippen molar-refractivity contribution in [1.82, 2.24) is 4.90 Å². The molecule has 0 spiro atoms. The van der Waals surface area contributed by atoms with Crippen LogP contribution in [0.2, 0.25) is 0 Å². The van der Waals surface area contributed by atoms with Gasteiger partial charge in [0.25, 0.3) is 0 Å². The van der Waals surface area contributed by atoms with Gasteiger partial charge in [-0.1, -0.05) is 33.6 Å². The zero-order valence-electron chi connectivity index (χ0n) is 13.2. The van der Waals surface area contributed by atoms with E-state index in [4.69, 9.17) is 5.73 Å². The van der Waals surface area contributed by atoms with Crippen LogP contribution in [0.5, 0.6) is 0 Å². The molecule has 3 unspecified atom stereocenters. The van der Waals surface area contributed by atoms with E-state index in [1.54, 1.807) is 0 Å². The summed E-state index contributed by atoms with van der Waals surface area (Å²) < 4.78 is 0. The molecule has 0 aliphatic heterocycles. The van der Waals surface area contributed by atoms with Crippen LogP contribution in [0.25, 0.3) is 0 Å². The van der Waals surface area contributed by atoms with E-state index in [0.29, 0.717) is 0 Å². The van der Waals surface area contributed by atoms with Gasteiger partial charge in [-0.3, -0.25) is 4.90 Å². The molecule has 0 aromatic heterocycles. The lowest BCUT2D eigenvalue weighted by molar-refractivity contribution is 0.0494. The molecule has 18 heavy (non-hydrogen) atoms. The van der Waals surface area contributed by atoms with Gasteiger partial charge in [0.05, 0.1) is 0 Å². The van der Waals surface area contributed by atoms with Gasteiger partial charge >= 0.3 is 0 Å². The van der Waals surface area contributed by atoms with Crippen molar-refractivity contribution in [3.8, 4) is 0 Å². The first kappa shape index (κ1) is 16.0. The third-order valence-corrected chi connectivity index (χ3v) is 5.01. The van der Waals surface area contributed by atoms with Crippen molar-refractivity contribution in [3.05, 3.63) is 0 Å². The summed E-state index contributed by atoms with van der Waals surface area (Å²) in [4.78, 5) is 2.60. The lowest BCUT2D eigenvalue weighted by Gasteiger charge is -2.46. The minimum Gasteiger partial charge on any atom is -0.329 e. The Labute approximate surface area is 114 Å². The molecular formula is C16H34N2. The summed E-state index contributed by atoms with van der Waals surface area (Å²) in [5, 5.41) is 0. The predicted molar refractivity (Wildman–Crippen MR) is 80.7 cm³/mol. The van der Waals surface area contributed by atoms with Crippen molar-refractivity contribution in [2.75, 3.05) is 13.6 Å². The average molecular weight is 254 g/mol. The van der Waals surface area contributed by atoms with E-state index in [9.17, 15) is 0 Å². The van der Waals surface area contributed by atoms with Crippen molar-refractivity contribution >= 4 is 0 Å². The third kappa shape index (κ3) is 4.24. The number of hydrogen-bond donors (Lipinski definition) is 1. The van der Waals surface area contributed by atoms with Crippen LogP contribution in [0.3, 0.4) is 0 Å². The van der Waals surface area contributed by atoms with Crippen LogP contribution in [0.4, 0.5) is 0 Å². The fraction of sp³-hybridized carbons (Fsp3) is 1.00. The predicted octanol–water partition coefficient (Wildman–Crippen LogP) is 3.65. The highest BCUT2D eigenvalue weighted by Gasteiger charge is 2.34. The first-order valence-corrected chi connectivity index (χ1v) is 7.82. The fourth-order valence-corrected chi connectivity index (χ4v) is 3.22. The molecule has 0 radical (unpaired) electrons. The van der Waals surface area contributed by atoms with E-state index >= 15 is 0 Å². The van der Waals surface area contributed by atoms with Crippen molar-refractivity contribution in [3.63, 3.8) is 0 Å². The van der Waals surface area contributed by atoms with Gasteiger partial charge in [-0.15, -0.1) is 0 Å². The Hall–Kier alpha value is -0.0800.